The third-order valence-electron chi connectivity index (χ3n) is 2.65. The molecule has 92 valence electrons. The molecule has 0 saturated heterocycles. The molecule has 0 spiro atoms. The lowest BCUT2D eigenvalue weighted by atomic mass is 10.4. The quantitative estimate of drug-likeness (QED) is 0.817. The van der Waals surface area contributed by atoms with Crippen molar-refractivity contribution in [2.45, 2.75) is 33.0 Å². The van der Waals surface area contributed by atoms with Crippen LogP contribution in [0.15, 0.2) is 25.0 Å². The SMILES string of the molecule is CCCn1cncc1Cn1cnc(CNC)c1. The van der Waals surface area contributed by atoms with Crippen LogP contribution in [0.3, 0.4) is 0 Å². The van der Waals surface area contributed by atoms with Crippen molar-refractivity contribution >= 4 is 0 Å². The Hall–Kier alpha value is -1.62. The summed E-state index contributed by atoms with van der Waals surface area (Å²) in [7, 11) is 1.93. The van der Waals surface area contributed by atoms with Crippen molar-refractivity contribution < 1.29 is 0 Å². The van der Waals surface area contributed by atoms with E-state index in [0.717, 1.165) is 31.7 Å². The van der Waals surface area contributed by atoms with Crippen LogP contribution in [0.5, 0.6) is 0 Å². The summed E-state index contributed by atoms with van der Waals surface area (Å²) in [5.41, 5.74) is 2.29. The highest BCUT2D eigenvalue weighted by atomic mass is 15.1. The first kappa shape index (κ1) is 11.9. The van der Waals surface area contributed by atoms with Gasteiger partial charge in [0.15, 0.2) is 0 Å². The van der Waals surface area contributed by atoms with Gasteiger partial charge in [-0.1, -0.05) is 6.92 Å². The summed E-state index contributed by atoms with van der Waals surface area (Å²) >= 11 is 0. The van der Waals surface area contributed by atoms with Gasteiger partial charge in [0.25, 0.3) is 0 Å². The van der Waals surface area contributed by atoms with E-state index in [-0.39, 0.29) is 0 Å². The van der Waals surface area contributed by atoms with Gasteiger partial charge in [-0.15, -0.1) is 0 Å². The van der Waals surface area contributed by atoms with E-state index < -0.39 is 0 Å². The van der Waals surface area contributed by atoms with E-state index in [4.69, 9.17) is 0 Å². The Balaban J connectivity index is 2.05. The lowest BCUT2D eigenvalue weighted by molar-refractivity contribution is 0.623. The molecular weight excluding hydrogens is 214 g/mol. The van der Waals surface area contributed by atoms with Crippen LogP contribution < -0.4 is 5.32 Å². The zero-order valence-corrected chi connectivity index (χ0v) is 10.4. The number of aryl methyl sites for hydroxylation is 1. The molecule has 0 unspecified atom stereocenters. The van der Waals surface area contributed by atoms with Crippen LogP contribution in [0, 0.1) is 0 Å². The van der Waals surface area contributed by atoms with Gasteiger partial charge in [-0.3, -0.25) is 0 Å². The number of hydrogen-bond acceptors (Lipinski definition) is 3. The topological polar surface area (TPSA) is 47.7 Å². The molecule has 2 heterocycles. The number of nitrogens with one attached hydrogen (secondary N) is 1. The zero-order valence-electron chi connectivity index (χ0n) is 10.4. The van der Waals surface area contributed by atoms with Gasteiger partial charge in [-0.05, 0) is 13.5 Å². The van der Waals surface area contributed by atoms with Crippen molar-refractivity contribution in [3.05, 3.63) is 36.4 Å². The van der Waals surface area contributed by atoms with Gasteiger partial charge >= 0.3 is 0 Å². The van der Waals surface area contributed by atoms with Crippen LogP contribution in [-0.2, 0) is 19.6 Å². The van der Waals surface area contributed by atoms with Crippen LogP contribution >= 0.6 is 0 Å². The molecule has 0 aromatic carbocycles. The molecule has 0 aliphatic carbocycles. The fourth-order valence-corrected chi connectivity index (χ4v) is 1.87. The molecule has 1 N–H and O–H groups in total. The van der Waals surface area contributed by atoms with Crippen LogP contribution in [0.2, 0.25) is 0 Å². The van der Waals surface area contributed by atoms with Gasteiger partial charge in [0.2, 0.25) is 0 Å². The van der Waals surface area contributed by atoms with E-state index in [2.05, 4.69) is 37.5 Å². The second kappa shape index (κ2) is 5.63. The van der Waals surface area contributed by atoms with Gasteiger partial charge in [-0.25, -0.2) is 9.97 Å². The Morgan fingerprint density at radius 3 is 3.00 bits per heavy atom. The van der Waals surface area contributed by atoms with Crippen molar-refractivity contribution in [1.82, 2.24) is 24.4 Å². The van der Waals surface area contributed by atoms with Gasteiger partial charge in [0.1, 0.15) is 0 Å². The third-order valence-corrected chi connectivity index (χ3v) is 2.65. The molecule has 0 aliphatic heterocycles. The molecule has 0 fully saturated rings. The Bertz CT molecular complexity index is 457. The summed E-state index contributed by atoms with van der Waals surface area (Å²) in [6, 6.07) is 0. The Kier molecular flexibility index (Phi) is 3.93. The first-order valence-corrected chi connectivity index (χ1v) is 5.97. The van der Waals surface area contributed by atoms with E-state index >= 15 is 0 Å². The summed E-state index contributed by atoms with van der Waals surface area (Å²) < 4.78 is 4.29. The largest absolute Gasteiger partial charge is 0.333 e. The molecule has 0 radical (unpaired) electrons. The highest BCUT2D eigenvalue weighted by Gasteiger charge is 2.03. The maximum atomic E-state index is 4.33. The molecule has 0 saturated carbocycles. The summed E-state index contributed by atoms with van der Waals surface area (Å²) in [5, 5.41) is 3.09. The molecule has 2 aromatic rings. The van der Waals surface area contributed by atoms with Crippen LogP contribution in [0.4, 0.5) is 0 Å². The summed E-state index contributed by atoms with van der Waals surface area (Å²) in [6.07, 6.45) is 8.88. The van der Waals surface area contributed by atoms with Gasteiger partial charge in [0, 0.05) is 25.5 Å². The van der Waals surface area contributed by atoms with Crippen LogP contribution in [0.1, 0.15) is 24.7 Å². The average molecular weight is 233 g/mol. The second-order valence-electron chi connectivity index (χ2n) is 4.15. The van der Waals surface area contributed by atoms with E-state index in [1.54, 1.807) is 0 Å². The van der Waals surface area contributed by atoms with Crippen molar-refractivity contribution in [2.75, 3.05) is 7.05 Å². The second-order valence-corrected chi connectivity index (χ2v) is 4.15. The first-order valence-electron chi connectivity index (χ1n) is 5.97. The predicted octanol–water partition coefficient (Wildman–Crippen LogP) is 1.26. The maximum absolute atomic E-state index is 4.33. The summed E-state index contributed by atoms with van der Waals surface area (Å²) in [5.74, 6) is 0. The molecule has 0 aliphatic rings. The lowest BCUT2D eigenvalue weighted by Crippen LogP contribution is -2.06. The van der Waals surface area contributed by atoms with Crippen LogP contribution in [-0.4, -0.2) is 26.1 Å². The Labute approximate surface area is 102 Å². The highest BCUT2D eigenvalue weighted by molar-refractivity contribution is 5.03. The monoisotopic (exact) mass is 233 g/mol. The van der Waals surface area contributed by atoms with E-state index in [1.807, 2.05) is 25.9 Å². The minimum Gasteiger partial charge on any atom is -0.333 e. The van der Waals surface area contributed by atoms with Crippen molar-refractivity contribution in [1.29, 1.82) is 0 Å². The normalized spacial score (nSPS) is 10.9. The minimum absolute atomic E-state index is 0.807. The zero-order chi connectivity index (χ0) is 12.1. The van der Waals surface area contributed by atoms with Gasteiger partial charge < -0.3 is 14.5 Å². The van der Waals surface area contributed by atoms with E-state index in [0.29, 0.717) is 0 Å². The Morgan fingerprint density at radius 2 is 2.24 bits per heavy atom. The van der Waals surface area contributed by atoms with Crippen molar-refractivity contribution in [3.63, 3.8) is 0 Å². The van der Waals surface area contributed by atoms with Gasteiger partial charge in [-0.2, -0.15) is 0 Å². The first-order chi connectivity index (χ1) is 8.33. The number of aromatic nitrogens is 4. The average Bonchev–Trinajstić information content (AvgIpc) is 2.91. The predicted molar refractivity (Wildman–Crippen MR) is 66.6 cm³/mol. The fourth-order valence-electron chi connectivity index (χ4n) is 1.87. The molecule has 2 rings (SSSR count). The highest BCUT2D eigenvalue weighted by Crippen LogP contribution is 2.05. The third kappa shape index (κ3) is 2.94. The van der Waals surface area contributed by atoms with E-state index in [1.165, 1.54) is 5.69 Å². The smallest absolute Gasteiger partial charge is 0.0953 e. The molecule has 5 heteroatoms. The van der Waals surface area contributed by atoms with Crippen molar-refractivity contribution in [3.8, 4) is 0 Å². The minimum atomic E-state index is 0.807. The van der Waals surface area contributed by atoms with E-state index in [9.17, 15) is 0 Å². The number of rotatable bonds is 6. The Morgan fingerprint density at radius 1 is 1.35 bits per heavy atom. The standard InChI is InChI=1S/C12H19N5/c1-3-4-17-9-14-6-12(17)8-16-7-11(5-13-2)15-10-16/h6-7,9-10,13H,3-5,8H2,1-2H3. The van der Waals surface area contributed by atoms with Crippen molar-refractivity contribution in [2.24, 2.45) is 0 Å². The number of hydrogen-bond donors (Lipinski definition) is 1. The fraction of sp³-hybridized carbons (Fsp3) is 0.500. The number of nitrogens with zero attached hydrogens (tertiary/aromatic N) is 4. The molecule has 0 amide bonds. The molecule has 0 atom stereocenters. The lowest BCUT2D eigenvalue weighted by Gasteiger charge is -2.06. The molecule has 5 nitrogen and oxygen atoms in total. The number of imidazole rings is 2. The molecule has 0 bridgehead atoms. The molecule has 17 heavy (non-hydrogen) atoms. The van der Waals surface area contributed by atoms with Gasteiger partial charge in [0.05, 0.1) is 30.6 Å². The van der Waals surface area contributed by atoms with Crippen LogP contribution in [0.25, 0.3) is 0 Å². The molecular formula is C12H19N5. The summed E-state index contributed by atoms with van der Waals surface area (Å²) in [4.78, 5) is 8.53. The maximum Gasteiger partial charge on any atom is 0.0953 e. The summed E-state index contributed by atoms with van der Waals surface area (Å²) in [6.45, 7) is 4.83. The molecule has 2 aromatic heterocycles.